The molecule has 1 aromatic carbocycles. The van der Waals surface area contributed by atoms with Crippen molar-refractivity contribution < 1.29 is 10.2 Å². The molecule has 5 heteroatoms. The zero-order valence-corrected chi connectivity index (χ0v) is 17.6. The number of nitrogens with zero attached hydrogens (tertiary/aromatic N) is 3. The fourth-order valence-corrected chi connectivity index (χ4v) is 5.54. The third kappa shape index (κ3) is 4.54. The van der Waals surface area contributed by atoms with E-state index in [0.29, 0.717) is 6.04 Å². The first-order chi connectivity index (χ1) is 13.5. The first-order valence-electron chi connectivity index (χ1n) is 11.2. The molecule has 0 aromatic heterocycles. The molecule has 0 bridgehead atoms. The Bertz CT molecular complexity index is 631. The number of likely N-dealkylation sites (tertiary alicyclic amines) is 2. The Kier molecular flexibility index (Phi) is 6.26. The van der Waals surface area contributed by atoms with Gasteiger partial charge in [-0.2, -0.15) is 0 Å². The summed E-state index contributed by atoms with van der Waals surface area (Å²) >= 11 is 0. The number of aliphatic hydroxyl groups is 2. The van der Waals surface area contributed by atoms with Crippen LogP contribution in [0.3, 0.4) is 0 Å². The molecule has 0 spiro atoms. The fourth-order valence-electron chi connectivity index (χ4n) is 5.54. The van der Waals surface area contributed by atoms with E-state index in [9.17, 15) is 10.2 Å². The summed E-state index contributed by atoms with van der Waals surface area (Å²) in [5.41, 5.74) is 4.04. The van der Waals surface area contributed by atoms with Crippen molar-refractivity contribution in [2.75, 3.05) is 44.2 Å². The monoisotopic (exact) mass is 387 g/mol. The summed E-state index contributed by atoms with van der Waals surface area (Å²) < 4.78 is 0. The highest BCUT2D eigenvalue weighted by Crippen LogP contribution is 2.28. The van der Waals surface area contributed by atoms with Crippen LogP contribution >= 0.6 is 0 Å². The minimum atomic E-state index is -0.263. The van der Waals surface area contributed by atoms with Crippen LogP contribution in [0.1, 0.15) is 43.2 Å². The Hall–Kier alpha value is -1.14. The molecule has 0 saturated carbocycles. The van der Waals surface area contributed by atoms with Gasteiger partial charge in [0.1, 0.15) is 0 Å². The molecule has 0 radical (unpaired) electrons. The van der Waals surface area contributed by atoms with E-state index in [2.05, 4.69) is 46.7 Å². The van der Waals surface area contributed by atoms with E-state index in [4.69, 9.17) is 0 Å². The van der Waals surface area contributed by atoms with E-state index in [1.54, 1.807) is 0 Å². The van der Waals surface area contributed by atoms with Gasteiger partial charge in [-0.1, -0.05) is 6.07 Å². The van der Waals surface area contributed by atoms with Crippen LogP contribution in [0.2, 0.25) is 0 Å². The molecule has 0 aliphatic carbocycles. The van der Waals surface area contributed by atoms with Crippen molar-refractivity contribution in [3.63, 3.8) is 0 Å². The van der Waals surface area contributed by atoms with E-state index in [1.807, 2.05) is 0 Å². The number of aliphatic hydroxyl groups excluding tert-OH is 2. The molecule has 0 amide bonds. The fraction of sp³-hybridized carbons (Fsp3) is 0.739. The molecule has 3 aliphatic rings. The molecule has 1 aromatic rings. The third-order valence-electron chi connectivity index (χ3n) is 7.10. The molecule has 3 aliphatic heterocycles. The molecule has 0 unspecified atom stereocenters. The summed E-state index contributed by atoms with van der Waals surface area (Å²) in [7, 11) is 0. The molecular weight excluding hydrogens is 350 g/mol. The van der Waals surface area contributed by atoms with E-state index in [0.717, 1.165) is 58.5 Å². The predicted molar refractivity (Wildman–Crippen MR) is 114 cm³/mol. The van der Waals surface area contributed by atoms with Crippen molar-refractivity contribution in [3.8, 4) is 0 Å². The molecule has 2 atom stereocenters. The van der Waals surface area contributed by atoms with Gasteiger partial charge in [-0.15, -0.1) is 0 Å². The number of hydrogen-bond acceptors (Lipinski definition) is 5. The maximum Gasteiger partial charge on any atom is 0.0822 e. The summed E-state index contributed by atoms with van der Waals surface area (Å²) in [5.74, 6) is 0. The number of rotatable bonds is 3. The predicted octanol–water partition coefficient (Wildman–Crippen LogP) is 2.16. The number of anilines is 1. The van der Waals surface area contributed by atoms with Crippen molar-refractivity contribution in [1.82, 2.24) is 9.80 Å². The van der Waals surface area contributed by atoms with Gasteiger partial charge in [0.2, 0.25) is 0 Å². The normalized spacial score (nSPS) is 29.4. The molecule has 4 rings (SSSR count). The number of hydrogen-bond donors (Lipinski definition) is 2. The maximum absolute atomic E-state index is 10.8. The van der Waals surface area contributed by atoms with Gasteiger partial charge >= 0.3 is 0 Å². The van der Waals surface area contributed by atoms with E-state index in [-0.39, 0.29) is 18.2 Å². The molecule has 3 saturated heterocycles. The van der Waals surface area contributed by atoms with Crippen LogP contribution in [0.5, 0.6) is 0 Å². The van der Waals surface area contributed by atoms with Crippen LogP contribution in [0.4, 0.5) is 5.69 Å². The molecule has 28 heavy (non-hydrogen) atoms. The summed E-state index contributed by atoms with van der Waals surface area (Å²) in [6, 6.07) is 7.72. The van der Waals surface area contributed by atoms with Gasteiger partial charge < -0.3 is 15.1 Å². The minimum Gasteiger partial charge on any atom is -0.393 e. The lowest BCUT2D eigenvalue weighted by Gasteiger charge is -2.47. The van der Waals surface area contributed by atoms with Crippen LogP contribution in [0.15, 0.2) is 18.2 Å². The quantitative estimate of drug-likeness (QED) is 0.832. The van der Waals surface area contributed by atoms with Crippen LogP contribution in [0.25, 0.3) is 0 Å². The number of piperidine rings is 3. The Balaban J connectivity index is 1.29. The maximum atomic E-state index is 10.8. The minimum absolute atomic E-state index is 0.143. The Labute approximate surface area is 169 Å². The summed E-state index contributed by atoms with van der Waals surface area (Å²) in [6.07, 6.45) is 4.71. The molecule has 5 nitrogen and oxygen atoms in total. The lowest BCUT2D eigenvalue weighted by atomic mass is 9.93. The molecular formula is C23H37N3O2. The van der Waals surface area contributed by atoms with Gasteiger partial charge in [-0.25, -0.2) is 0 Å². The third-order valence-corrected chi connectivity index (χ3v) is 7.10. The number of aryl methyl sites for hydroxylation is 2. The second-order valence-corrected chi connectivity index (χ2v) is 9.25. The summed E-state index contributed by atoms with van der Waals surface area (Å²) in [4.78, 5) is 7.48. The second kappa shape index (κ2) is 8.70. The van der Waals surface area contributed by atoms with E-state index >= 15 is 0 Å². The van der Waals surface area contributed by atoms with Crippen molar-refractivity contribution in [3.05, 3.63) is 29.3 Å². The lowest BCUT2D eigenvalue weighted by Crippen LogP contribution is -2.58. The first kappa shape index (κ1) is 20.1. The highest BCUT2D eigenvalue weighted by molar-refractivity contribution is 5.51. The van der Waals surface area contributed by atoms with Crippen molar-refractivity contribution in [2.45, 2.75) is 70.2 Å². The highest BCUT2D eigenvalue weighted by Gasteiger charge is 2.36. The molecule has 3 fully saturated rings. The Morgan fingerprint density at radius 2 is 1.36 bits per heavy atom. The SMILES string of the molecule is Cc1cc(C)cc(N2CCC(N3CC[C@@H](N4CCC(O)CC4)[C@H](O)C3)CC2)c1. The van der Waals surface area contributed by atoms with Gasteiger partial charge in [0.25, 0.3) is 0 Å². The average Bonchev–Trinajstić information content (AvgIpc) is 2.68. The van der Waals surface area contributed by atoms with Gasteiger partial charge in [-0.05, 0) is 69.2 Å². The first-order valence-corrected chi connectivity index (χ1v) is 11.2. The van der Waals surface area contributed by atoms with Gasteiger partial charge in [-0.3, -0.25) is 9.80 Å². The average molecular weight is 388 g/mol. The Morgan fingerprint density at radius 1 is 0.750 bits per heavy atom. The molecule has 2 N–H and O–H groups in total. The van der Waals surface area contributed by atoms with E-state index < -0.39 is 0 Å². The number of benzene rings is 1. The van der Waals surface area contributed by atoms with Crippen LogP contribution < -0.4 is 4.90 Å². The zero-order chi connectivity index (χ0) is 19.7. The van der Waals surface area contributed by atoms with Crippen molar-refractivity contribution in [2.24, 2.45) is 0 Å². The van der Waals surface area contributed by atoms with Crippen molar-refractivity contribution >= 4 is 5.69 Å². The van der Waals surface area contributed by atoms with Crippen LogP contribution in [0, 0.1) is 13.8 Å². The highest BCUT2D eigenvalue weighted by atomic mass is 16.3. The van der Waals surface area contributed by atoms with E-state index in [1.165, 1.54) is 29.7 Å². The Morgan fingerprint density at radius 3 is 1.96 bits per heavy atom. The summed E-state index contributed by atoms with van der Waals surface area (Å²) in [5, 5.41) is 20.6. The van der Waals surface area contributed by atoms with Gasteiger partial charge in [0.15, 0.2) is 0 Å². The van der Waals surface area contributed by atoms with Gasteiger partial charge in [0, 0.05) is 57.0 Å². The van der Waals surface area contributed by atoms with Crippen molar-refractivity contribution in [1.29, 1.82) is 0 Å². The second-order valence-electron chi connectivity index (χ2n) is 9.25. The van der Waals surface area contributed by atoms with Gasteiger partial charge in [0.05, 0.1) is 12.2 Å². The zero-order valence-electron chi connectivity index (χ0n) is 17.6. The molecule has 3 heterocycles. The number of β-amino-alcohol motifs (C(OH)–C–C–N with tert-alkyl or cyclic N) is 1. The summed E-state index contributed by atoms with van der Waals surface area (Å²) in [6.45, 7) is 10.3. The molecule has 156 valence electrons. The standard InChI is InChI=1S/C23H37N3O2/c1-17-13-18(2)15-20(14-17)24-8-3-19(4-9-24)26-12-7-22(23(28)16-26)25-10-5-21(27)6-11-25/h13-15,19,21-23,27-28H,3-12,16H2,1-2H3/t22-,23-/m1/s1. The lowest BCUT2D eigenvalue weighted by molar-refractivity contribution is -0.0452. The smallest absolute Gasteiger partial charge is 0.0822 e. The van der Waals surface area contributed by atoms with Crippen LogP contribution in [-0.2, 0) is 0 Å². The largest absolute Gasteiger partial charge is 0.393 e. The topological polar surface area (TPSA) is 50.2 Å². The van der Waals surface area contributed by atoms with Crippen LogP contribution in [-0.4, -0.2) is 83.6 Å².